The van der Waals surface area contributed by atoms with Crippen LogP contribution in [0.3, 0.4) is 0 Å². The highest BCUT2D eigenvalue weighted by atomic mass is 16.1. The van der Waals surface area contributed by atoms with Gasteiger partial charge < -0.3 is 0 Å². The molecule has 0 saturated carbocycles. The fraction of sp³-hybridized carbons (Fsp3) is 0.0556. The molecule has 0 radical (unpaired) electrons. The van der Waals surface area contributed by atoms with Crippen molar-refractivity contribution in [3.8, 4) is 6.07 Å². The van der Waals surface area contributed by atoms with Crippen LogP contribution in [-0.2, 0) is 4.79 Å². The highest BCUT2D eigenvalue weighted by molar-refractivity contribution is 6.28. The Balaban J connectivity index is 2.44. The van der Waals surface area contributed by atoms with E-state index in [4.69, 9.17) is 5.26 Å². The van der Waals surface area contributed by atoms with Crippen LogP contribution < -0.4 is 0 Å². The second-order valence-electron chi connectivity index (χ2n) is 4.55. The third-order valence-electron chi connectivity index (χ3n) is 2.99. The summed E-state index contributed by atoms with van der Waals surface area (Å²) in [5, 5.41) is 8.89. The van der Waals surface area contributed by atoms with E-state index in [2.05, 4.69) is 0 Å². The summed E-state index contributed by atoms with van der Waals surface area (Å²) in [6.45, 7) is 1.36. The van der Waals surface area contributed by atoms with E-state index in [1.807, 2.05) is 12.1 Å². The summed E-state index contributed by atoms with van der Waals surface area (Å²) in [4.78, 5) is 24.2. The Labute approximate surface area is 123 Å². The molecule has 0 aliphatic carbocycles. The van der Waals surface area contributed by atoms with Crippen LogP contribution in [-0.4, -0.2) is 11.6 Å². The number of hydrogen-bond donors (Lipinski definition) is 0. The van der Waals surface area contributed by atoms with Crippen molar-refractivity contribution in [2.45, 2.75) is 6.92 Å². The van der Waals surface area contributed by atoms with E-state index in [0.29, 0.717) is 16.7 Å². The first-order valence-corrected chi connectivity index (χ1v) is 6.44. The van der Waals surface area contributed by atoms with E-state index < -0.39 is 0 Å². The molecule has 102 valence electrons. The van der Waals surface area contributed by atoms with Crippen molar-refractivity contribution in [2.75, 3.05) is 0 Å². The van der Waals surface area contributed by atoms with Crippen LogP contribution in [0, 0.1) is 11.3 Å². The Bertz CT molecular complexity index is 752. The van der Waals surface area contributed by atoms with Gasteiger partial charge in [-0.05, 0) is 30.7 Å². The molecule has 0 heterocycles. The van der Waals surface area contributed by atoms with E-state index in [9.17, 15) is 9.59 Å². The van der Waals surface area contributed by atoms with E-state index in [1.54, 1.807) is 48.5 Å². The minimum atomic E-state index is -0.314. The molecule has 21 heavy (non-hydrogen) atoms. The standard InChI is InChI=1S/C18H13NO2/c1-13(20)17(18(21)16-8-3-2-4-9-16)11-14-6-5-7-15(10-14)12-19/h2-11H,1H3. The fourth-order valence-corrected chi connectivity index (χ4v) is 1.94. The number of carbonyl (C=O) groups is 2. The van der Waals surface area contributed by atoms with E-state index in [-0.39, 0.29) is 17.1 Å². The van der Waals surface area contributed by atoms with Gasteiger partial charge in [-0.3, -0.25) is 9.59 Å². The molecule has 3 nitrogen and oxygen atoms in total. The predicted octanol–water partition coefficient (Wildman–Crippen LogP) is 3.41. The van der Waals surface area contributed by atoms with Crippen molar-refractivity contribution in [1.29, 1.82) is 5.26 Å². The first-order valence-electron chi connectivity index (χ1n) is 6.44. The second-order valence-corrected chi connectivity index (χ2v) is 4.55. The lowest BCUT2D eigenvalue weighted by molar-refractivity contribution is -0.113. The van der Waals surface area contributed by atoms with Crippen molar-refractivity contribution in [2.24, 2.45) is 0 Å². The Kier molecular flexibility index (Phi) is 4.43. The summed E-state index contributed by atoms with van der Waals surface area (Å²) in [6, 6.07) is 17.5. The second kappa shape index (κ2) is 6.44. The molecule has 0 bridgehead atoms. The van der Waals surface area contributed by atoms with Gasteiger partial charge in [0.05, 0.1) is 17.2 Å². The van der Waals surface area contributed by atoms with Gasteiger partial charge in [0, 0.05) is 5.56 Å². The topological polar surface area (TPSA) is 57.9 Å². The molecular formula is C18H13NO2. The third kappa shape index (κ3) is 3.52. The number of hydrogen-bond acceptors (Lipinski definition) is 3. The van der Waals surface area contributed by atoms with Gasteiger partial charge in [0.1, 0.15) is 0 Å². The van der Waals surface area contributed by atoms with Crippen LogP contribution >= 0.6 is 0 Å². The fourth-order valence-electron chi connectivity index (χ4n) is 1.94. The molecule has 0 N–H and O–H groups in total. The van der Waals surface area contributed by atoms with Crippen LogP contribution in [0.1, 0.15) is 28.4 Å². The molecule has 3 heteroatoms. The Morgan fingerprint density at radius 2 is 1.76 bits per heavy atom. The number of nitriles is 1. The van der Waals surface area contributed by atoms with Crippen molar-refractivity contribution in [1.82, 2.24) is 0 Å². The average Bonchev–Trinajstić information content (AvgIpc) is 2.52. The van der Waals surface area contributed by atoms with Crippen molar-refractivity contribution >= 4 is 17.6 Å². The summed E-state index contributed by atoms with van der Waals surface area (Å²) in [5.74, 6) is -0.614. The molecule has 2 aromatic rings. The summed E-state index contributed by atoms with van der Waals surface area (Å²) < 4.78 is 0. The minimum absolute atomic E-state index is 0.108. The molecule has 2 rings (SSSR count). The molecule has 0 fully saturated rings. The van der Waals surface area contributed by atoms with Gasteiger partial charge in [0.25, 0.3) is 0 Å². The molecule has 2 aromatic carbocycles. The lowest BCUT2D eigenvalue weighted by atomic mass is 9.98. The van der Waals surface area contributed by atoms with Gasteiger partial charge in [-0.2, -0.15) is 5.26 Å². The van der Waals surface area contributed by atoms with Crippen molar-refractivity contribution in [3.63, 3.8) is 0 Å². The van der Waals surface area contributed by atoms with Crippen LogP contribution in [0.5, 0.6) is 0 Å². The highest BCUT2D eigenvalue weighted by Crippen LogP contribution is 2.15. The van der Waals surface area contributed by atoms with Crippen LogP contribution in [0.15, 0.2) is 60.2 Å². The Hall–Kier alpha value is -2.99. The van der Waals surface area contributed by atoms with Gasteiger partial charge in [-0.15, -0.1) is 0 Å². The largest absolute Gasteiger partial charge is 0.294 e. The number of rotatable bonds is 4. The molecule has 0 saturated heterocycles. The molecule has 0 unspecified atom stereocenters. The van der Waals surface area contributed by atoms with E-state index in [1.165, 1.54) is 13.0 Å². The third-order valence-corrected chi connectivity index (χ3v) is 2.99. The monoisotopic (exact) mass is 275 g/mol. The smallest absolute Gasteiger partial charge is 0.196 e. The maximum absolute atomic E-state index is 12.4. The average molecular weight is 275 g/mol. The van der Waals surface area contributed by atoms with Crippen LogP contribution in [0.2, 0.25) is 0 Å². The summed E-state index contributed by atoms with van der Waals surface area (Å²) in [7, 11) is 0. The number of benzene rings is 2. The Morgan fingerprint density at radius 1 is 1.05 bits per heavy atom. The minimum Gasteiger partial charge on any atom is -0.294 e. The quantitative estimate of drug-likeness (QED) is 0.372. The maximum atomic E-state index is 12.4. The zero-order valence-corrected chi connectivity index (χ0v) is 11.5. The number of Topliss-reactive ketones (excluding diaryl/α,β-unsaturated/α-hetero) is 2. The molecule has 0 spiro atoms. The van der Waals surface area contributed by atoms with Gasteiger partial charge in [0.2, 0.25) is 0 Å². The van der Waals surface area contributed by atoms with Gasteiger partial charge in [-0.25, -0.2) is 0 Å². The molecule has 0 amide bonds. The first-order chi connectivity index (χ1) is 10.1. The zero-order valence-electron chi connectivity index (χ0n) is 11.5. The molecular weight excluding hydrogens is 262 g/mol. The zero-order chi connectivity index (χ0) is 15.2. The number of carbonyl (C=O) groups excluding carboxylic acids is 2. The van der Waals surface area contributed by atoms with E-state index in [0.717, 1.165) is 0 Å². The number of allylic oxidation sites excluding steroid dienone is 1. The predicted molar refractivity (Wildman–Crippen MR) is 80.6 cm³/mol. The lowest BCUT2D eigenvalue weighted by Gasteiger charge is -2.04. The first kappa shape index (κ1) is 14.4. The summed E-state index contributed by atoms with van der Waals surface area (Å²) in [5.41, 5.74) is 1.72. The van der Waals surface area contributed by atoms with Crippen molar-refractivity contribution < 1.29 is 9.59 Å². The molecule has 0 atom stereocenters. The molecule has 0 aliphatic rings. The Morgan fingerprint density at radius 3 is 2.38 bits per heavy atom. The lowest BCUT2D eigenvalue weighted by Crippen LogP contribution is -2.10. The SMILES string of the molecule is CC(=O)C(=Cc1cccc(C#N)c1)C(=O)c1ccccc1. The number of nitrogens with zero attached hydrogens (tertiary/aromatic N) is 1. The van der Waals surface area contributed by atoms with Crippen LogP contribution in [0.4, 0.5) is 0 Å². The summed E-state index contributed by atoms with van der Waals surface area (Å²) in [6.07, 6.45) is 1.53. The number of ketones is 2. The van der Waals surface area contributed by atoms with Crippen molar-refractivity contribution in [3.05, 3.63) is 76.9 Å². The van der Waals surface area contributed by atoms with Gasteiger partial charge >= 0.3 is 0 Å². The van der Waals surface area contributed by atoms with Gasteiger partial charge in [0.15, 0.2) is 11.6 Å². The normalized spacial score (nSPS) is 10.8. The van der Waals surface area contributed by atoms with Crippen LogP contribution in [0.25, 0.3) is 6.08 Å². The van der Waals surface area contributed by atoms with Gasteiger partial charge in [-0.1, -0.05) is 42.5 Å². The molecule has 0 aromatic heterocycles. The maximum Gasteiger partial charge on any atom is 0.196 e. The van der Waals surface area contributed by atoms with E-state index >= 15 is 0 Å². The highest BCUT2D eigenvalue weighted by Gasteiger charge is 2.16. The molecule has 0 aliphatic heterocycles. The summed E-state index contributed by atoms with van der Waals surface area (Å²) >= 11 is 0.